The Bertz CT molecular complexity index is 1120. The maximum atomic E-state index is 13.4. The van der Waals surface area contributed by atoms with Gasteiger partial charge in [-0.2, -0.15) is 13.2 Å². The second-order valence-electron chi connectivity index (χ2n) is 8.82. The maximum Gasteiger partial charge on any atom is 0.413 e. The number of esters is 1. The number of hydrogen-bond acceptors (Lipinski definition) is 11. The van der Waals surface area contributed by atoms with E-state index in [0.717, 1.165) is 16.6 Å². The van der Waals surface area contributed by atoms with Crippen molar-refractivity contribution < 1.29 is 37.4 Å². The Morgan fingerprint density at radius 1 is 1.46 bits per heavy atom. The third kappa shape index (κ3) is 3.66. The van der Waals surface area contributed by atoms with E-state index in [0.29, 0.717) is 0 Å². The Morgan fingerprint density at radius 3 is 2.94 bits per heavy atom. The summed E-state index contributed by atoms with van der Waals surface area (Å²) in [5.41, 5.74) is 4.17. The van der Waals surface area contributed by atoms with E-state index in [1.54, 1.807) is 17.9 Å². The molecule has 1 spiro atoms. The summed E-state index contributed by atoms with van der Waals surface area (Å²) in [5.74, 6) is -1.58. The third-order valence-electron chi connectivity index (χ3n) is 7.04. The SMILES string of the molecule is CC1[C@@H](OC(=O)c2ccc(C3=C(C(F)(F)F)CCC=C3)o2)CN2C(N)=N[C@@H](CO)C3NSN(O)C312. The Labute approximate surface area is 202 Å². The van der Waals surface area contributed by atoms with E-state index in [2.05, 4.69) is 9.71 Å². The monoisotopic (exact) mass is 515 g/mol. The fraction of sp³-hybridized carbons (Fsp3) is 0.524. The molecular weight excluding hydrogens is 491 g/mol. The number of hydroxylamine groups is 1. The predicted octanol–water partition coefficient (Wildman–Crippen LogP) is 2.03. The van der Waals surface area contributed by atoms with E-state index in [4.69, 9.17) is 14.9 Å². The molecule has 35 heavy (non-hydrogen) atoms. The van der Waals surface area contributed by atoms with E-state index in [-0.39, 0.29) is 49.0 Å². The summed E-state index contributed by atoms with van der Waals surface area (Å²) in [4.78, 5) is 18.8. The summed E-state index contributed by atoms with van der Waals surface area (Å²) < 4.78 is 55.5. The van der Waals surface area contributed by atoms with Gasteiger partial charge in [0.05, 0.1) is 25.2 Å². The van der Waals surface area contributed by atoms with E-state index in [9.17, 15) is 28.3 Å². The van der Waals surface area contributed by atoms with Crippen LogP contribution in [0.5, 0.6) is 0 Å². The fourth-order valence-electron chi connectivity index (χ4n) is 5.33. The number of rotatable bonds is 4. The van der Waals surface area contributed by atoms with Gasteiger partial charge in [-0.15, -0.1) is 0 Å². The van der Waals surface area contributed by atoms with Crippen LogP contribution in [0.1, 0.15) is 36.1 Å². The van der Waals surface area contributed by atoms with Crippen LogP contribution < -0.4 is 10.5 Å². The van der Waals surface area contributed by atoms with Gasteiger partial charge in [0.25, 0.3) is 0 Å². The number of halogens is 3. The first kappa shape index (κ1) is 24.2. The normalized spacial score (nSPS) is 33.1. The molecular formula is C21H24F3N5O5S. The number of ether oxygens (including phenoxy) is 1. The minimum absolute atomic E-state index is 0.0733. The van der Waals surface area contributed by atoms with E-state index in [1.165, 1.54) is 18.2 Å². The molecule has 0 radical (unpaired) electrons. The number of aliphatic imine (C=N–C) groups is 1. The number of nitrogens with one attached hydrogen (secondary N) is 1. The van der Waals surface area contributed by atoms with Crippen LogP contribution in [-0.4, -0.2) is 74.8 Å². The van der Waals surface area contributed by atoms with Crippen molar-refractivity contribution in [2.45, 2.75) is 49.8 Å². The molecule has 190 valence electrons. The van der Waals surface area contributed by atoms with Gasteiger partial charge in [-0.1, -0.05) is 23.5 Å². The Hall–Kier alpha value is -2.52. The minimum Gasteiger partial charge on any atom is -0.454 e. The third-order valence-corrected chi connectivity index (χ3v) is 7.87. The van der Waals surface area contributed by atoms with Crippen LogP contribution in [0.4, 0.5) is 13.2 Å². The van der Waals surface area contributed by atoms with Gasteiger partial charge in [0.2, 0.25) is 5.76 Å². The van der Waals surface area contributed by atoms with Crippen LogP contribution in [0.3, 0.4) is 0 Å². The van der Waals surface area contributed by atoms with Gasteiger partial charge in [0.1, 0.15) is 11.9 Å². The molecule has 14 heteroatoms. The lowest BCUT2D eigenvalue weighted by molar-refractivity contribution is -0.150. The van der Waals surface area contributed by atoms with Gasteiger partial charge in [0.15, 0.2) is 11.6 Å². The van der Waals surface area contributed by atoms with Crippen molar-refractivity contribution in [1.29, 1.82) is 0 Å². The van der Waals surface area contributed by atoms with Crippen molar-refractivity contribution in [3.63, 3.8) is 0 Å². The van der Waals surface area contributed by atoms with Crippen molar-refractivity contribution in [2.24, 2.45) is 16.6 Å². The number of carbonyl (C=O) groups excluding carboxylic acids is 1. The molecule has 0 saturated carbocycles. The maximum absolute atomic E-state index is 13.4. The van der Waals surface area contributed by atoms with Crippen LogP contribution in [0, 0.1) is 5.92 Å². The van der Waals surface area contributed by atoms with Crippen LogP contribution in [0.15, 0.2) is 39.3 Å². The zero-order chi connectivity index (χ0) is 25.1. The second kappa shape index (κ2) is 8.55. The summed E-state index contributed by atoms with van der Waals surface area (Å²) in [6.45, 7) is 1.57. The lowest BCUT2D eigenvalue weighted by Gasteiger charge is -2.48. The van der Waals surface area contributed by atoms with Gasteiger partial charge in [-0.3, -0.25) is 5.21 Å². The molecule has 2 fully saturated rings. The smallest absolute Gasteiger partial charge is 0.413 e. The molecule has 0 bridgehead atoms. The number of carbonyl (C=O) groups is 1. The van der Waals surface area contributed by atoms with E-state index < -0.39 is 47.5 Å². The molecule has 2 saturated heterocycles. The van der Waals surface area contributed by atoms with Crippen molar-refractivity contribution in [3.05, 3.63) is 41.4 Å². The van der Waals surface area contributed by atoms with Crippen molar-refractivity contribution in [3.8, 4) is 0 Å². The van der Waals surface area contributed by atoms with Crippen LogP contribution in [0.2, 0.25) is 0 Å². The van der Waals surface area contributed by atoms with Gasteiger partial charge in [-0.05, 0) is 25.0 Å². The number of aliphatic hydroxyl groups is 1. The van der Waals surface area contributed by atoms with Crippen molar-refractivity contribution in [1.82, 2.24) is 14.1 Å². The summed E-state index contributed by atoms with van der Waals surface area (Å²) in [7, 11) is 0. The molecule has 3 aliphatic heterocycles. The molecule has 4 aliphatic rings. The molecule has 0 amide bonds. The van der Waals surface area contributed by atoms with Crippen LogP contribution in [-0.2, 0) is 4.74 Å². The Morgan fingerprint density at radius 2 is 2.23 bits per heavy atom. The van der Waals surface area contributed by atoms with Gasteiger partial charge < -0.3 is 24.9 Å². The number of guanidine groups is 1. The van der Waals surface area contributed by atoms with Crippen molar-refractivity contribution in [2.75, 3.05) is 13.2 Å². The first-order valence-corrected chi connectivity index (χ1v) is 11.8. The molecule has 5 atom stereocenters. The zero-order valence-corrected chi connectivity index (χ0v) is 19.3. The fourth-order valence-corrected chi connectivity index (χ4v) is 6.40. The highest BCUT2D eigenvalue weighted by atomic mass is 32.2. The predicted molar refractivity (Wildman–Crippen MR) is 118 cm³/mol. The van der Waals surface area contributed by atoms with Gasteiger partial charge in [-0.25, -0.2) is 14.5 Å². The minimum atomic E-state index is -4.51. The first-order chi connectivity index (χ1) is 16.6. The molecule has 1 aliphatic carbocycles. The lowest BCUT2D eigenvalue weighted by Crippen LogP contribution is -2.70. The molecule has 1 aromatic rings. The van der Waals surface area contributed by atoms with E-state index in [1.807, 2.05) is 0 Å². The van der Waals surface area contributed by atoms with Crippen LogP contribution in [0.25, 0.3) is 5.57 Å². The molecule has 4 heterocycles. The summed E-state index contributed by atoms with van der Waals surface area (Å²) in [5, 5.41) is 20.5. The van der Waals surface area contributed by atoms with Crippen LogP contribution >= 0.6 is 12.1 Å². The standard InChI is InChI=1S/C21H24F3N5O5S/c1-10-16(8-28-19(25)26-13(9-30)17-20(10,28)29(32)35-27-17)34-18(31)15-7-6-14(33-15)11-4-2-3-5-12(11)21(22,23)24/h2,4,6-7,10,13,16-17,27,30,32H,3,5,8-9H2,1H3,(H2,25,26)/t10?,13-,16-,17?,20?/m0/s1. The van der Waals surface area contributed by atoms with E-state index >= 15 is 0 Å². The Kier molecular flexibility index (Phi) is 5.91. The van der Waals surface area contributed by atoms with Gasteiger partial charge in [0, 0.05) is 29.2 Å². The summed E-state index contributed by atoms with van der Waals surface area (Å²) in [6.07, 6.45) is -2.21. The Balaban J connectivity index is 1.39. The largest absolute Gasteiger partial charge is 0.454 e. The highest BCUT2D eigenvalue weighted by Gasteiger charge is 2.68. The molecule has 1 aromatic heterocycles. The lowest BCUT2D eigenvalue weighted by atomic mass is 9.83. The number of hydrogen-bond donors (Lipinski definition) is 4. The summed E-state index contributed by atoms with van der Waals surface area (Å²) >= 11 is 0.928. The number of nitrogens with zero attached hydrogens (tertiary/aromatic N) is 3. The van der Waals surface area contributed by atoms with Crippen molar-refractivity contribution >= 4 is 29.6 Å². The number of furan rings is 1. The zero-order valence-electron chi connectivity index (χ0n) is 18.5. The number of aliphatic hydroxyl groups excluding tert-OH is 1. The molecule has 0 aromatic carbocycles. The highest BCUT2D eigenvalue weighted by Crippen LogP contribution is 2.50. The highest BCUT2D eigenvalue weighted by molar-refractivity contribution is 7.95. The average molecular weight is 516 g/mol. The summed E-state index contributed by atoms with van der Waals surface area (Å²) in [6, 6.07) is 1.44. The number of nitrogens with two attached hydrogens (primary N) is 1. The first-order valence-electron chi connectivity index (χ1n) is 11.0. The molecule has 5 rings (SSSR count). The number of allylic oxidation sites excluding steroid dienone is 4. The molecule has 10 nitrogen and oxygen atoms in total. The average Bonchev–Trinajstić information content (AvgIpc) is 3.52. The second-order valence-corrected chi connectivity index (χ2v) is 9.58. The molecule has 3 unspecified atom stereocenters. The number of alkyl halides is 3. The quantitative estimate of drug-likeness (QED) is 0.348. The van der Waals surface area contributed by atoms with Gasteiger partial charge >= 0.3 is 12.1 Å². The molecule has 5 N–H and O–H groups in total. The topological polar surface area (TPSA) is 137 Å².